The number of carbonyl (C=O) groups is 4. The number of rotatable bonds is 5. The van der Waals surface area contributed by atoms with E-state index in [-0.39, 0.29) is 36.9 Å². The number of anilines is 1. The van der Waals surface area contributed by atoms with E-state index in [1.54, 1.807) is 36.5 Å². The van der Waals surface area contributed by atoms with Crippen LogP contribution in [0.15, 0.2) is 55.0 Å². The topological polar surface area (TPSA) is 168 Å². The van der Waals surface area contributed by atoms with Crippen LogP contribution in [0.3, 0.4) is 0 Å². The molecule has 3 aromatic heterocycles. The number of aromatic nitrogens is 6. The molecular weight excluding hydrogens is 478 g/mol. The van der Waals surface area contributed by atoms with Crippen molar-refractivity contribution < 1.29 is 19.2 Å². The van der Waals surface area contributed by atoms with E-state index in [1.807, 2.05) is 6.07 Å². The van der Waals surface area contributed by atoms with Gasteiger partial charge in [-0.15, -0.1) is 5.10 Å². The van der Waals surface area contributed by atoms with Crippen LogP contribution in [0, 0.1) is 0 Å². The number of amides is 4. The van der Waals surface area contributed by atoms with Crippen LogP contribution in [-0.2, 0) is 16.1 Å². The average Bonchev–Trinajstić information content (AvgIpc) is 3.64. The molecule has 5 heterocycles. The molecule has 1 unspecified atom stereocenters. The fourth-order valence-electron chi connectivity index (χ4n) is 4.47. The Morgan fingerprint density at radius 1 is 1.14 bits per heavy atom. The van der Waals surface area contributed by atoms with Crippen LogP contribution >= 0.6 is 0 Å². The van der Waals surface area contributed by atoms with Gasteiger partial charge in [-0.25, -0.2) is 4.68 Å². The highest BCUT2D eigenvalue weighted by atomic mass is 16.2. The number of hydrogen-bond acceptors (Lipinski definition) is 8. The molecule has 0 aliphatic carbocycles. The second kappa shape index (κ2) is 8.78. The zero-order valence-electron chi connectivity index (χ0n) is 19.2. The summed E-state index contributed by atoms with van der Waals surface area (Å²) in [5.74, 6) is -1.54. The summed E-state index contributed by atoms with van der Waals surface area (Å²) in [5.41, 5.74) is 3.50. The van der Waals surface area contributed by atoms with Crippen LogP contribution in [0.5, 0.6) is 0 Å². The largest absolute Gasteiger partial charge is 0.322 e. The van der Waals surface area contributed by atoms with Crippen molar-refractivity contribution in [2.45, 2.75) is 25.4 Å². The van der Waals surface area contributed by atoms with Gasteiger partial charge in [0.05, 0.1) is 29.5 Å². The molecule has 1 saturated heterocycles. The molecule has 0 spiro atoms. The van der Waals surface area contributed by atoms with E-state index in [0.717, 1.165) is 0 Å². The van der Waals surface area contributed by atoms with Gasteiger partial charge >= 0.3 is 0 Å². The van der Waals surface area contributed by atoms with E-state index in [0.29, 0.717) is 33.9 Å². The van der Waals surface area contributed by atoms with Crippen LogP contribution < -0.4 is 10.6 Å². The maximum atomic E-state index is 12.9. The summed E-state index contributed by atoms with van der Waals surface area (Å²) >= 11 is 0. The van der Waals surface area contributed by atoms with Crippen LogP contribution in [0.2, 0.25) is 0 Å². The summed E-state index contributed by atoms with van der Waals surface area (Å²) in [4.78, 5) is 55.2. The van der Waals surface area contributed by atoms with E-state index < -0.39 is 17.9 Å². The SMILES string of the molecule is O=C1CCC(N2Cc3cc(-n4cc(C(=O)Nc5cn[nH]c5-c5ccccn5)nn4)ccc3C2=O)C(=O)N1. The number of carbonyl (C=O) groups excluding carboxylic acids is 4. The molecule has 1 fully saturated rings. The number of H-pyrrole nitrogens is 1. The van der Waals surface area contributed by atoms with Crippen molar-refractivity contribution in [3.8, 4) is 17.1 Å². The van der Waals surface area contributed by atoms with E-state index in [1.165, 1.54) is 22.0 Å². The minimum absolute atomic E-state index is 0.0786. The first-order valence-electron chi connectivity index (χ1n) is 11.4. The highest BCUT2D eigenvalue weighted by Gasteiger charge is 2.39. The molecule has 0 saturated carbocycles. The molecule has 37 heavy (non-hydrogen) atoms. The molecule has 3 N–H and O–H groups in total. The molecule has 13 heteroatoms. The lowest BCUT2D eigenvalue weighted by atomic mass is 10.0. The predicted octanol–water partition coefficient (Wildman–Crippen LogP) is 1.07. The standard InChI is InChI=1S/C24H19N9O4/c34-20-7-6-19(23(36)28-20)32-11-13-9-14(4-5-15(13)24(32)37)33-12-18(29-31-33)22(35)27-17-10-26-30-21(17)16-3-1-2-8-25-16/h1-5,8-10,12,19H,6-7,11H2,(H,26,30)(H,27,35)(H,28,34,36). The molecule has 1 atom stereocenters. The Bertz CT molecular complexity index is 1560. The Morgan fingerprint density at radius 2 is 2.03 bits per heavy atom. The van der Waals surface area contributed by atoms with E-state index >= 15 is 0 Å². The highest BCUT2D eigenvalue weighted by molar-refractivity contribution is 6.06. The second-order valence-electron chi connectivity index (χ2n) is 8.62. The molecule has 2 aliphatic rings. The number of hydrogen-bond donors (Lipinski definition) is 3. The lowest BCUT2D eigenvalue weighted by Crippen LogP contribution is -2.52. The van der Waals surface area contributed by atoms with Crippen LogP contribution in [0.4, 0.5) is 5.69 Å². The molecule has 0 bridgehead atoms. The fourth-order valence-corrected chi connectivity index (χ4v) is 4.47. The molecule has 0 radical (unpaired) electrons. The van der Waals surface area contributed by atoms with Gasteiger partial charge in [0.25, 0.3) is 11.8 Å². The quantitative estimate of drug-likeness (QED) is 0.344. The summed E-state index contributed by atoms with van der Waals surface area (Å²) in [6.07, 6.45) is 5.08. The van der Waals surface area contributed by atoms with Crippen LogP contribution in [0.25, 0.3) is 17.1 Å². The third-order valence-corrected chi connectivity index (χ3v) is 6.31. The van der Waals surface area contributed by atoms with Gasteiger partial charge < -0.3 is 10.2 Å². The first kappa shape index (κ1) is 22.3. The van der Waals surface area contributed by atoms with E-state index in [9.17, 15) is 19.2 Å². The Kier molecular flexibility index (Phi) is 5.29. The zero-order chi connectivity index (χ0) is 25.5. The number of aromatic amines is 1. The molecule has 4 aromatic rings. The van der Waals surface area contributed by atoms with E-state index in [4.69, 9.17) is 0 Å². The molecular formula is C24H19N9O4. The highest BCUT2D eigenvalue weighted by Crippen LogP contribution is 2.29. The second-order valence-corrected chi connectivity index (χ2v) is 8.62. The zero-order valence-corrected chi connectivity index (χ0v) is 19.2. The summed E-state index contributed by atoms with van der Waals surface area (Å²) in [6, 6.07) is 9.83. The fraction of sp³-hybridized carbons (Fsp3) is 0.167. The van der Waals surface area contributed by atoms with Gasteiger partial charge in [0.1, 0.15) is 11.7 Å². The molecule has 13 nitrogen and oxygen atoms in total. The minimum Gasteiger partial charge on any atom is -0.322 e. The maximum Gasteiger partial charge on any atom is 0.277 e. The van der Waals surface area contributed by atoms with Crippen molar-refractivity contribution in [2.75, 3.05) is 5.32 Å². The smallest absolute Gasteiger partial charge is 0.277 e. The number of nitrogens with one attached hydrogen (secondary N) is 3. The van der Waals surface area contributed by atoms with E-state index in [2.05, 4.69) is 36.1 Å². The Balaban J connectivity index is 1.19. The third kappa shape index (κ3) is 4.01. The maximum absolute atomic E-state index is 12.9. The lowest BCUT2D eigenvalue weighted by Gasteiger charge is -2.29. The predicted molar refractivity (Wildman–Crippen MR) is 127 cm³/mol. The van der Waals surface area contributed by atoms with Gasteiger partial charge in [0.2, 0.25) is 11.8 Å². The normalized spacial score (nSPS) is 17.0. The molecule has 1 aromatic carbocycles. The lowest BCUT2D eigenvalue weighted by molar-refractivity contribution is -0.136. The first-order chi connectivity index (χ1) is 18.0. The van der Waals surface area contributed by atoms with Crippen molar-refractivity contribution in [3.63, 3.8) is 0 Å². The monoisotopic (exact) mass is 497 g/mol. The number of imide groups is 1. The molecule has 4 amide bonds. The van der Waals surface area contributed by atoms with Gasteiger partial charge in [0.15, 0.2) is 5.69 Å². The first-order valence-corrected chi connectivity index (χ1v) is 11.4. The van der Waals surface area contributed by atoms with Gasteiger partial charge in [0, 0.05) is 24.7 Å². The van der Waals surface area contributed by atoms with Crippen LogP contribution in [0.1, 0.15) is 39.3 Å². The summed E-state index contributed by atoms with van der Waals surface area (Å²) < 4.78 is 1.43. The molecule has 2 aliphatic heterocycles. The summed E-state index contributed by atoms with van der Waals surface area (Å²) in [5, 5.41) is 19.9. The van der Waals surface area contributed by atoms with Gasteiger partial charge in [-0.2, -0.15) is 5.10 Å². The van der Waals surface area contributed by atoms with Crippen molar-refractivity contribution in [1.29, 1.82) is 0 Å². The molecule has 184 valence electrons. The third-order valence-electron chi connectivity index (χ3n) is 6.31. The van der Waals surface area contributed by atoms with Crippen molar-refractivity contribution in [1.82, 2.24) is 40.4 Å². The van der Waals surface area contributed by atoms with Crippen molar-refractivity contribution in [2.24, 2.45) is 0 Å². The number of benzene rings is 1. The average molecular weight is 497 g/mol. The minimum atomic E-state index is -0.693. The number of fused-ring (bicyclic) bond motifs is 1. The summed E-state index contributed by atoms with van der Waals surface area (Å²) in [7, 11) is 0. The Morgan fingerprint density at radius 3 is 2.84 bits per heavy atom. The van der Waals surface area contributed by atoms with Crippen LogP contribution in [-0.4, -0.2) is 64.7 Å². The molecule has 6 rings (SSSR count). The number of pyridine rings is 1. The van der Waals surface area contributed by atoms with Crippen molar-refractivity contribution >= 4 is 29.3 Å². The van der Waals surface area contributed by atoms with Crippen molar-refractivity contribution in [3.05, 3.63) is 71.8 Å². The van der Waals surface area contributed by atoms with Gasteiger partial charge in [-0.05, 0) is 42.3 Å². The number of piperidine rings is 1. The summed E-state index contributed by atoms with van der Waals surface area (Å²) in [6.45, 7) is 0.229. The number of nitrogens with zero attached hydrogens (tertiary/aromatic N) is 6. The Hall–Kier alpha value is -5.20. The Labute approximate surface area is 208 Å². The van der Waals surface area contributed by atoms with Gasteiger partial charge in [-0.3, -0.25) is 34.6 Å². The van der Waals surface area contributed by atoms with Gasteiger partial charge in [-0.1, -0.05) is 11.3 Å².